The van der Waals surface area contributed by atoms with E-state index in [0.717, 1.165) is 42.3 Å². The summed E-state index contributed by atoms with van der Waals surface area (Å²) in [7, 11) is 1.83. The van der Waals surface area contributed by atoms with E-state index in [1.165, 1.54) is 30.6 Å². The van der Waals surface area contributed by atoms with E-state index in [2.05, 4.69) is 34.5 Å². The molecule has 0 spiro atoms. The Labute approximate surface area is 155 Å². The van der Waals surface area contributed by atoms with Gasteiger partial charge in [-0.2, -0.15) is 0 Å². The van der Waals surface area contributed by atoms with Gasteiger partial charge in [0, 0.05) is 24.7 Å². The predicted molar refractivity (Wildman–Crippen MR) is 106 cm³/mol. The van der Waals surface area contributed by atoms with Crippen molar-refractivity contribution >= 4 is 41.3 Å². The number of nitrogens with zero attached hydrogens (tertiary/aromatic N) is 2. The fraction of sp³-hybridized carbons (Fsp3) is 0.750. The maximum atomic E-state index is 4.43. The SMILES string of the molecule is CCc1cnc(CNC(=NC)NCC2CCCC(C)C2)s1.I. The van der Waals surface area contributed by atoms with Gasteiger partial charge in [-0.05, 0) is 31.1 Å². The zero-order chi connectivity index (χ0) is 15.1. The average molecular weight is 436 g/mol. The van der Waals surface area contributed by atoms with Crippen molar-refractivity contribution in [3.63, 3.8) is 0 Å². The number of halogens is 1. The topological polar surface area (TPSA) is 49.3 Å². The van der Waals surface area contributed by atoms with E-state index < -0.39 is 0 Å². The first-order valence-corrected chi connectivity index (χ1v) is 8.91. The Balaban J connectivity index is 0.00000242. The summed E-state index contributed by atoms with van der Waals surface area (Å²) in [5, 5.41) is 7.95. The minimum Gasteiger partial charge on any atom is -0.356 e. The molecule has 0 radical (unpaired) electrons. The predicted octanol–water partition coefficient (Wildman–Crippen LogP) is 3.81. The number of guanidine groups is 1. The molecular formula is C16H29IN4S. The molecule has 4 nitrogen and oxygen atoms in total. The van der Waals surface area contributed by atoms with Crippen molar-refractivity contribution < 1.29 is 0 Å². The molecule has 0 saturated heterocycles. The Bertz CT molecular complexity index is 461. The van der Waals surface area contributed by atoms with Gasteiger partial charge in [0.15, 0.2) is 5.96 Å². The molecule has 0 aromatic carbocycles. The first-order valence-electron chi connectivity index (χ1n) is 8.09. The molecule has 0 amide bonds. The van der Waals surface area contributed by atoms with Gasteiger partial charge in [-0.25, -0.2) is 4.98 Å². The lowest BCUT2D eigenvalue weighted by molar-refractivity contribution is 0.282. The lowest BCUT2D eigenvalue weighted by Gasteiger charge is -2.27. The molecule has 1 heterocycles. The summed E-state index contributed by atoms with van der Waals surface area (Å²) in [6.45, 7) is 6.32. The van der Waals surface area contributed by atoms with Crippen LogP contribution in [0.1, 0.15) is 49.4 Å². The quantitative estimate of drug-likeness (QED) is 0.419. The molecule has 1 fully saturated rings. The molecule has 1 aliphatic rings. The Hall–Kier alpha value is -0.370. The molecule has 1 saturated carbocycles. The second kappa shape index (κ2) is 10.4. The van der Waals surface area contributed by atoms with Gasteiger partial charge >= 0.3 is 0 Å². The van der Waals surface area contributed by atoms with E-state index in [9.17, 15) is 0 Å². The number of aromatic nitrogens is 1. The Morgan fingerprint density at radius 3 is 2.86 bits per heavy atom. The second-order valence-corrected chi connectivity index (χ2v) is 7.22. The summed E-state index contributed by atoms with van der Waals surface area (Å²) in [6.07, 6.45) is 8.49. The Morgan fingerprint density at radius 1 is 1.41 bits per heavy atom. The minimum atomic E-state index is 0. The molecule has 126 valence electrons. The standard InChI is InChI=1S/C16H28N4S.HI/c1-4-14-10-18-15(21-14)11-20-16(17-3)19-9-13-7-5-6-12(2)8-13;/h10,12-13H,4-9,11H2,1-3H3,(H2,17,19,20);1H. The second-order valence-electron chi connectivity index (χ2n) is 6.02. The van der Waals surface area contributed by atoms with E-state index in [0.29, 0.717) is 0 Å². The highest BCUT2D eigenvalue weighted by molar-refractivity contribution is 14.0. The van der Waals surface area contributed by atoms with Crippen LogP contribution in [0.3, 0.4) is 0 Å². The van der Waals surface area contributed by atoms with Crippen molar-refractivity contribution in [1.82, 2.24) is 15.6 Å². The minimum absolute atomic E-state index is 0. The molecule has 0 aliphatic heterocycles. The Morgan fingerprint density at radius 2 is 2.23 bits per heavy atom. The number of thiazole rings is 1. The molecular weight excluding hydrogens is 407 g/mol. The summed E-state index contributed by atoms with van der Waals surface area (Å²) in [4.78, 5) is 10.1. The number of hydrogen-bond donors (Lipinski definition) is 2. The smallest absolute Gasteiger partial charge is 0.191 e. The Kier molecular flexibility index (Phi) is 9.31. The molecule has 1 aromatic rings. The van der Waals surface area contributed by atoms with Gasteiger partial charge in [0.05, 0.1) is 6.54 Å². The van der Waals surface area contributed by atoms with Crippen LogP contribution in [0.5, 0.6) is 0 Å². The van der Waals surface area contributed by atoms with Crippen LogP contribution >= 0.6 is 35.3 Å². The molecule has 2 rings (SSSR count). The number of aryl methyl sites for hydroxylation is 1. The number of hydrogen-bond acceptors (Lipinski definition) is 3. The molecule has 0 bridgehead atoms. The summed E-state index contributed by atoms with van der Waals surface area (Å²) in [5.74, 6) is 2.56. The monoisotopic (exact) mass is 436 g/mol. The molecule has 2 N–H and O–H groups in total. The van der Waals surface area contributed by atoms with Gasteiger partial charge in [-0.15, -0.1) is 35.3 Å². The third-order valence-electron chi connectivity index (χ3n) is 4.18. The normalized spacial score (nSPS) is 22.0. The van der Waals surface area contributed by atoms with Crippen molar-refractivity contribution in [3.8, 4) is 0 Å². The van der Waals surface area contributed by atoms with Gasteiger partial charge in [0.2, 0.25) is 0 Å². The molecule has 2 atom stereocenters. The van der Waals surface area contributed by atoms with Crippen LogP contribution < -0.4 is 10.6 Å². The zero-order valence-electron chi connectivity index (χ0n) is 13.9. The molecule has 1 aliphatic carbocycles. The van der Waals surface area contributed by atoms with Crippen molar-refractivity contribution in [2.75, 3.05) is 13.6 Å². The van der Waals surface area contributed by atoms with Crippen molar-refractivity contribution in [2.24, 2.45) is 16.8 Å². The van der Waals surface area contributed by atoms with Crippen molar-refractivity contribution in [2.45, 2.75) is 52.5 Å². The van der Waals surface area contributed by atoms with Crippen LogP contribution in [-0.2, 0) is 13.0 Å². The maximum Gasteiger partial charge on any atom is 0.191 e. The summed E-state index contributed by atoms with van der Waals surface area (Å²) < 4.78 is 0. The van der Waals surface area contributed by atoms with Gasteiger partial charge in [0.1, 0.15) is 5.01 Å². The van der Waals surface area contributed by atoms with E-state index in [1.54, 1.807) is 11.3 Å². The molecule has 2 unspecified atom stereocenters. The largest absolute Gasteiger partial charge is 0.356 e. The van der Waals surface area contributed by atoms with Gasteiger partial charge in [-0.1, -0.05) is 26.7 Å². The first-order chi connectivity index (χ1) is 10.2. The number of nitrogens with one attached hydrogen (secondary N) is 2. The lowest BCUT2D eigenvalue weighted by atomic mass is 9.82. The third-order valence-corrected chi connectivity index (χ3v) is 5.33. The van der Waals surface area contributed by atoms with Crippen LogP contribution in [0.15, 0.2) is 11.2 Å². The van der Waals surface area contributed by atoms with Crippen LogP contribution in [0, 0.1) is 11.8 Å². The van der Waals surface area contributed by atoms with E-state index in [-0.39, 0.29) is 24.0 Å². The van der Waals surface area contributed by atoms with E-state index >= 15 is 0 Å². The van der Waals surface area contributed by atoms with Crippen LogP contribution in [0.2, 0.25) is 0 Å². The van der Waals surface area contributed by atoms with Crippen molar-refractivity contribution in [1.29, 1.82) is 0 Å². The van der Waals surface area contributed by atoms with Crippen LogP contribution in [-0.4, -0.2) is 24.5 Å². The van der Waals surface area contributed by atoms with Gasteiger partial charge in [0.25, 0.3) is 0 Å². The fourth-order valence-electron chi connectivity index (χ4n) is 2.96. The highest BCUT2D eigenvalue weighted by Gasteiger charge is 2.18. The maximum absolute atomic E-state index is 4.43. The molecule has 6 heteroatoms. The lowest BCUT2D eigenvalue weighted by Crippen LogP contribution is -2.40. The summed E-state index contributed by atoms with van der Waals surface area (Å²) >= 11 is 1.78. The highest BCUT2D eigenvalue weighted by Crippen LogP contribution is 2.27. The first kappa shape index (κ1) is 19.7. The van der Waals surface area contributed by atoms with Crippen molar-refractivity contribution in [3.05, 3.63) is 16.1 Å². The van der Waals surface area contributed by atoms with Gasteiger partial charge < -0.3 is 10.6 Å². The third kappa shape index (κ3) is 6.40. The van der Waals surface area contributed by atoms with E-state index in [4.69, 9.17) is 0 Å². The fourth-order valence-corrected chi connectivity index (χ4v) is 3.76. The average Bonchev–Trinajstić information content (AvgIpc) is 2.95. The zero-order valence-corrected chi connectivity index (χ0v) is 17.0. The number of rotatable bonds is 5. The summed E-state index contributed by atoms with van der Waals surface area (Å²) in [5.41, 5.74) is 0. The molecule has 1 aromatic heterocycles. The van der Waals surface area contributed by atoms with Gasteiger partial charge in [-0.3, -0.25) is 4.99 Å². The molecule has 22 heavy (non-hydrogen) atoms. The van der Waals surface area contributed by atoms with Crippen LogP contribution in [0.25, 0.3) is 0 Å². The summed E-state index contributed by atoms with van der Waals surface area (Å²) in [6, 6.07) is 0. The number of aliphatic imine (C=N–C) groups is 1. The van der Waals surface area contributed by atoms with E-state index in [1.807, 2.05) is 13.2 Å². The van der Waals surface area contributed by atoms with Crippen LogP contribution in [0.4, 0.5) is 0 Å². The highest BCUT2D eigenvalue weighted by atomic mass is 127.